The highest BCUT2D eigenvalue weighted by Gasteiger charge is 2.18. The van der Waals surface area contributed by atoms with Gasteiger partial charge in [0.2, 0.25) is 0 Å². The fourth-order valence-corrected chi connectivity index (χ4v) is 3.65. The lowest BCUT2D eigenvalue weighted by atomic mass is 9.99. The number of nitriles is 1. The molecule has 0 bridgehead atoms. The van der Waals surface area contributed by atoms with Crippen LogP contribution < -0.4 is 5.32 Å². The van der Waals surface area contributed by atoms with Crippen LogP contribution in [0.25, 0.3) is 16.6 Å². The first-order chi connectivity index (χ1) is 11.2. The predicted octanol–water partition coefficient (Wildman–Crippen LogP) is 4.47. The first-order valence-electron chi connectivity index (χ1n) is 7.73. The zero-order chi connectivity index (χ0) is 16.7. The molecule has 2 aromatic rings. The third-order valence-corrected chi connectivity index (χ3v) is 4.84. The number of anilines is 1. The lowest BCUT2D eigenvalue weighted by Crippen LogP contribution is -1.98. The van der Waals surface area contributed by atoms with Gasteiger partial charge >= 0.3 is 0 Å². The molecule has 0 saturated heterocycles. The van der Waals surface area contributed by atoms with Gasteiger partial charge in [0, 0.05) is 31.1 Å². The van der Waals surface area contributed by atoms with Crippen LogP contribution in [0.4, 0.5) is 5.82 Å². The van der Waals surface area contributed by atoms with Crippen LogP contribution in [0.15, 0.2) is 19.1 Å². The van der Waals surface area contributed by atoms with Gasteiger partial charge in [-0.2, -0.15) is 5.26 Å². The maximum absolute atomic E-state index is 8.84. The summed E-state index contributed by atoms with van der Waals surface area (Å²) in [6.07, 6.45) is 8.73. The molecule has 1 N–H and O–H groups in total. The Morgan fingerprint density at radius 1 is 1.39 bits per heavy atom. The summed E-state index contributed by atoms with van der Waals surface area (Å²) in [6, 6.07) is 2.23. The Labute approximate surface area is 141 Å². The average molecular weight is 327 g/mol. The van der Waals surface area contributed by atoms with E-state index in [4.69, 9.17) is 5.26 Å². The van der Waals surface area contributed by atoms with Crippen LogP contribution in [-0.4, -0.2) is 22.0 Å². The smallest absolute Gasteiger partial charge is 0.137 e. The van der Waals surface area contributed by atoms with E-state index >= 15 is 0 Å². The van der Waals surface area contributed by atoms with Crippen LogP contribution >= 0.6 is 11.3 Å². The van der Waals surface area contributed by atoms with Gasteiger partial charge in [-0.25, -0.2) is 15.0 Å². The van der Waals surface area contributed by atoms with Crippen LogP contribution in [0.2, 0.25) is 0 Å². The second kappa shape index (κ2) is 8.39. The molecule has 0 fully saturated rings. The molecule has 0 aromatic carbocycles. The molecular weight excluding hydrogens is 306 g/mol. The van der Waals surface area contributed by atoms with E-state index in [2.05, 4.69) is 39.8 Å². The van der Waals surface area contributed by atoms with E-state index in [0.29, 0.717) is 12.3 Å². The van der Waals surface area contributed by atoms with Gasteiger partial charge in [0.1, 0.15) is 12.1 Å². The molecule has 6 heteroatoms. The largest absolute Gasteiger partial charge is 0.373 e. The quantitative estimate of drug-likeness (QED) is 0.774. The van der Waals surface area contributed by atoms with E-state index in [-0.39, 0.29) is 0 Å². The Kier molecular flexibility index (Phi) is 6.24. The van der Waals surface area contributed by atoms with Gasteiger partial charge in [0.25, 0.3) is 0 Å². The van der Waals surface area contributed by atoms with E-state index in [1.807, 2.05) is 13.2 Å². The van der Waals surface area contributed by atoms with Gasteiger partial charge in [0.05, 0.1) is 21.6 Å². The van der Waals surface area contributed by atoms with Crippen LogP contribution in [0.3, 0.4) is 0 Å². The summed E-state index contributed by atoms with van der Waals surface area (Å²) >= 11 is 1.65. The second-order valence-electron chi connectivity index (χ2n) is 5.18. The molecule has 0 saturated carbocycles. The molecule has 1 atom stereocenters. The Hall–Kier alpha value is -2.26. The van der Waals surface area contributed by atoms with E-state index in [1.165, 1.54) is 0 Å². The van der Waals surface area contributed by atoms with E-state index < -0.39 is 0 Å². The number of aromatic nitrogens is 3. The maximum atomic E-state index is 8.84. The molecule has 120 valence electrons. The second-order valence-corrected chi connectivity index (χ2v) is 6.25. The summed E-state index contributed by atoms with van der Waals surface area (Å²) in [5.74, 6) is 1.10. The maximum Gasteiger partial charge on any atom is 0.137 e. The summed E-state index contributed by atoms with van der Waals surface area (Å²) in [4.78, 5) is 14.2. The van der Waals surface area contributed by atoms with Gasteiger partial charge < -0.3 is 5.32 Å². The average Bonchev–Trinajstić information content (AvgIpc) is 3.07. The van der Waals surface area contributed by atoms with Crippen molar-refractivity contribution in [3.8, 4) is 16.6 Å². The van der Waals surface area contributed by atoms with Gasteiger partial charge in [-0.1, -0.05) is 26.0 Å². The van der Waals surface area contributed by atoms with Crippen LogP contribution in [-0.2, 0) is 0 Å². The zero-order valence-corrected chi connectivity index (χ0v) is 14.4. The van der Waals surface area contributed by atoms with Crippen LogP contribution in [0, 0.1) is 11.3 Å². The van der Waals surface area contributed by atoms with E-state index in [9.17, 15) is 0 Å². The minimum Gasteiger partial charge on any atom is -0.373 e. The fourth-order valence-electron chi connectivity index (χ4n) is 2.55. The third kappa shape index (κ3) is 3.93. The third-order valence-electron chi connectivity index (χ3n) is 3.67. The molecule has 0 amide bonds. The van der Waals surface area contributed by atoms with Crippen molar-refractivity contribution in [3.05, 3.63) is 29.7 Å². The lowest BCUT2D eigenvalue weighted by molar-refractivity contribution is 0.573. The van der Waals surface area contributed by atoms with Crippen molar-refractivity contribution in [2.45, 2.75) is 38.5 Å². The summed E-state index contributed by atoms with van der Waals surface area (Å²) in [6.45, 7) is 6.03. The molecule has 0 aliphatic carbocycles. The van der Waals surface area contributed by atoms with Crippen LogP contribution in [0.5, 0.6) is 0 Å². The van der Waals surface area contributed by atoms with Crippen molar-refractivity contribution in [1.29, 1.82) is 5.26 Å². The Balaban J connectivity index is 2.35. The Bertz CT molecular complexity index is 701. The molecule has 2 aromatic heterocycles. The highest BCUT2D eigenvalue weighted by Crippen LogP contribution is 2.35. The molecule has 0 aliphatic heterocycles. The van der Waals surface area contributed by atoms with Crippen molar-refractivity contribution in [1.82, 2.24) is 15.0 Å². The van der Waals surface area contributed by atoms with E-state index in [1.54, 1.807) is 23.7 Å². The molecule has 0 unspecified atom stereocenters. The molecule has 0 aliphatic rings. The molecule has 2 heterocycles. The van der Waals surface area contributed by atoms with Gasteiger partial charge in [-0.15, -0.1) is 11.3 Å². The Morgan fingerprint density at radius 2 is 2.22 bits per heavy atom. The first-order valence-corrected chi connectivity index (χ1v) is 8.55. The number of nitrogens with zero attached hydrogens (tertiary/aromatic N) is 4. The molecule has 5 nitrogen and oxygen atoms in total. The number of thiazole rings is 1. The van der Waals surface area contributed by atoms with Gasteiger partial charge in [0.15, 0.2) is 0 Å². The number of hydrogen-bond donors (Lipinski definition) is 1. The minimum absolute atomic E-state index is 0.344. The van der Waals surface area contributed by atoms with Crippen molar-refractivity contribution >= 4 is 23.2 Å². The molecule has 0 spiro atoms. The van der Waals surface area contributed by atoms with Gasteiger partial charge in [-0.05, 0) is 12.8 Å². The predicted molar refractivity (Wildman–Crippen MR) is 95.3 cm³/mol. The minimum atomic E-state index is 0.344. The normalized spacial score (nSPS) is 11.7. The summed E-state index contributed by atoms with van der Waals surface area (Å²) in [7, 11) is 1.83. The van der Waals surface area contributed by atoms with Crippen molar-refractivity contribution < 1.29 is 0 Å². The fraction of sp³-hybridized carbons (Fsp3) is 0.412. The molecular formula is C17H21N5S. The Morgan fingerprint density at radius 3 is 2.87 bits per heavy atom. The molecule has 23 heavy (non-hydrogen) atoms. The van der Waals surface area contributed by atoms with Crippen molar-refractivity contribution in [2.24, 2.45) is 0 Å². The molecule has 0 radical (unpaired) electrons. The first kappa shape index (κ1) is 17.1. The van der Waals surface area contributed by atoms with E-state index in [0.717, 1.165) is 46.2 Å². The number of hydrogen-bond acceptors (Lipinski definition) is 6. The summed E-state index contributed by atoms with van der Waals surface area (Å²) in [5, 5.41) is 13.0. The summed E-state index contributed by atoms with van der Waals surface area (Å²) in [5.41, 5.74) is 1.73. The highest BCUT2D eigenvalue weighted by atomic mass is 32.1. The topological polar surface area (TPSA) is 74.5 Å². The number of rotatable bonds is 8. The SMILES string of the molecule is C=Cc1c(NC)ncnc1-c1cnc([C@H](CCC)CCC#N)s1. The number of nitrogens with one attached hydrogen (secondary N) is 1. The molecule has 2 rings (SSSR count). The standard InChI is InChI=1S/C17H21N5S/c1-4-7-12(8-6-9-18)17-20-10-14(23-17)15-13(5-2)16(19-3)22-11-21-15/h5,10-12H,2,4,6-8H2,1,3H3,(H,19,21,22)/t12-/m1/s1. The zero-order valence-electron chi connectivity index (χ0n) is 13.5. The summed E-state index contributed by atoms with van der Waals surface area (Å²) < 4.78 is 0. The van der Waals surface area contributed by atoms with Crippen LogP contribution in [0.1, 0.15) is 49.1 Å². The van der Waals surface area contributed by atoms with Crippen molar-refractivity contribution in [2.75, 3.05) is 12.4 Å². The highest BCUT2D eigenvalue weighted by molar-refractivity contribution is 7.15. The lowest BCUT2D eigenvalue weighted by Gasteiger charge is -2.11. The van der Waals surface area contributed by atoms with Crippen molar-refractivity contribution in [3.63, 3.8) is 0 Å². The van der Waals surface area contributed by atoms with Gasteiger partial charge in [-0.3, -0.25) is 0 Å². The monoisotopic (exact) mass is 327 g/mol.